The second-order valence-corrected chi connectivity index (χ2v) is 5.97. The van der Waals surface area contributed by atoms with Gasteiger partial charge in [0.05, 0.1) is 24.1 Å². The third-order valence-electron chi connectivity index (χ3n) is 3.13. The third-order valence-corrected chi connectivity index (χ3v) is 4.34. The Balaban J connectivity index is 1.74. The molecule has 0 bridgehead atoms. The van der Waals surface area contributed by atoms with Gasteiger partial charge in [-0.25, -0.2) is 9.67 Å². The molecule has 5 nitrogen and oxygen atoms in total. The molecule has 0 aliphatic heterocycles. The Kier molecular flexibility index (Phi) is 4.22. The summed E-state index contributed by atoms with van der Waals surface area (Å²) in [5, 5.41) is 10.1. The van der Waals surface area contributed by atoms with E-state index in [4.69, 9.17) is 11.6 Å². The fraction of sp³-hybridized carbons (Fsp3) is 0.133. The van der Waals surface area contributed by atoms with E-state index in [1.807, 2.05) is 35.7 Å². The lowest BCUT2D eigenvalue weighted by Gasteiger charge is -2.06. The van der Waals surface area contributed by atoms with E-state index in [9.17, 15) is 4.79 Å². The minimum Gasteiger partial charge on any atom is -0.376 e. The van der Waals surface area contributed by atoms with Crippen LogP contribution in [0.25, 0.3) is 11.3 Å². The molecule has 0 radical (unpaired) electrons. The molecule has 1 N–H and O–H groups in total. The van der Waals surface area contributed by atoms with Crippen molar-refractivity contribution in [2.75, 3.05) is 5.32 Å². The maximum Gasteiger partial charge on any atom is 0.287 e. The zero-order valence-electron chi connectivity index (χ0n) is 11.8. The average molecular weight is 333 g/mol. The first-order chi connectivity index (χ1) is 10.6. The molecule has 3 rings (SSSR count). The molecule has 0 fully saturated rings. The number of benzene rings is 1. The summed E-state index contributed by atoms with van der Waals surface area (Å²) in [7, 11) is 1.56. The first-order valence-corrected chi connectivity index (χ1v) is 7.86. The minimum absolute atomic E-state index is 0.136. The van der Waals surface area contributed by atoms with Crippen LogP contribution in [0, 0.1) is 0 Å². The molecular weight excluding hydrogens is 320 g/mol. The highest BCUT2D eigenvalue weighted by atomic mass is 35.5. The maximum atomic E-state index is 11.7. The molecule has 0 atom stereocenters. The number of nitrogens with zero attached hydrogens (tertiary/aromatic N) is 3. The monoisotopic (exact) mass is 332 g/mol. The van der Waals surface area contributed by atoms with Crippen LogP contribution in [-0.2, 0) is 13.6 Å². The van der Waals surface area contributed by atoms with Gasteiger partial charge in [-0.3, -0.25) is 4.79 Å². The second kappa shape index (κ2) is 6.29. The van der Waals surface area contributed by atoms with Crippen LogP contribution < -0.4 is 10.9 Å². The normalized spacial score (nSPS) is 10.6. The first kappa shape index (κ1) is 14.7. The van der Waals surface area contributed by atoms with Gasteiger partial charge in [-0.05, 0) is 0 Å². The smallest absolute Gasteiger partial charge is 0.287 e. The van der Waals surface area contributed by atoms with Crippen LogP contribution in [-0.4, -0.2) is 14.8 Å². The maximum absolute atomic E-state index is 11.7. The Morgan fingerprint density at radius 1 is 1.32 bits per heavy atom. The fourth-order valence-corrected chi connectivity index (χ4v) is 2.92. The molecule has 0 amide bonds. The summed E-state index contributed by atoms with van der Waals surface area (Å²) in [6.45, 7) is 0.492. The van der Waals surface area contributed by atoms with E-state index >= 15 is 0 Å². The summed E-state index contributed by atoms with van der Waals surface area (Å²) in [4.78, 5) is 16.3. The summed E-state index contributed by atoms with van der Waals surface area (Å²) in [5.41, 5.74) is 2.21. The number of anilines is 1. The van der Waals surface area contributed by atoms with Crippen molar-refractivity contribution in [2.24, 2.45) is 7.05 Å². The van der Waals surface area contributed by atoms with Crippen LogP contribution in [0.15, 0.2) is 46.7 Å². The highest BCUT2D eigenvalue weighted by molar-refractivity contribution is 7.09. The van der Waals surface area contributed by atoms with Gasteiger partial charge in [0.2, 0.25) is 0 Å². The van der Waals surface area contributed by atoms with Crippen LogP contribution >= 0.6 is 22.9 Å². The van der Waals surface area contributed by atoms with Crippen LogP contribution in [0.5, 0.6) is 0 Å². The van der Waals surface area contributed by atoms with Gasteiger partial charge in [-0.1, -0.05) is 41.9 Å². The predicted molar refractivity (Wildman–Crippen MR) is 89.4 cm³/mol. The quantitative estimate of drug-likeness (QED) is 0.797. The number of hydrogen-bond acceptors (Lipinski definition) is 5. The molecule has 3 aromatic rings. The molecule has 0 unspecified atom stereocenters. The summed E-state index contributed by atoms with van der Waals surface area (Å²) in [6, 6.07) is 9.99. The Labute approximate surface area is 136 Å². The van der Waals surface area contributed by atoms with Crippen molar-refractivity contribution in [3.05, 3.63) is 62.3 Å². The Morgan fingerprint density at radius 3 is 2.86 bits per heavy atom. The van der Waals surface area contributed by atoms with Crippen molar-refractivity contribution in [2.45, 2.75) is 6.54 Å². The fourth-order valence-electron chi connectivity index (χ4n) is 1.94. The van der Waals surface area contributed by atoms with Crippen LogP contribution in [0.2, 0.25) is 5.02 Å². The highest BCUT2D eigenvalue weighted by Gasteiger charge is 2.08. The molecule has 0 aliphatic carbocycles. The van der Waals surface area contributed by atoms with E-state index in [0.717, 1.165) is 16.3 Å². The molecule has 112 valence electrons. The molecule has 0 saturated carbocycles. The molecule has 2 heterocycles. The van der Waals surface area contributed by atoms with Gasteiger partial charge in [-0.15, -0.1) is 11.3 Å². The zero-order valence-corrected chi connectivity index (χ0v) is 13.4. The number of halogens is 1. The van der Waals surface area contributed by atoms with E-state index < -0.39 is 0 Å². The number of hydrogen-bond donors (Lipinski definition) is 1. The van der Waals surface area contributed by atoms with E-state index in [2.05, 4.69) is 15.4 Å². The van der Waals surface area contributed by atoms with Gasteiger partial charge in [0, 0.05) is 18.0 Å². The van der Waals surface area contributed by atoms with Crippen molar-refractivity contribution in [3.63, 3.8) is 0 Å². The van der Waals surface area contributed by atoms with Crippen LogP contribution in [0.1, 0.15) is 5.01 Å². The SMILES string of the molecule is Cn1ncc(NCc2nc(-c3ccccc3)cs2)c(Cl)c1=O. The second-order valence-electron chi connectivity index (χ2n) is 4.65. The third kappa shape index (κ3) is 3.03. The molecule has 0 spiro atoms. The predicted octanol–water partition coefficient (Wildman–Crippen LogP) is 3.17. The molecular formula is C15H13ClN4OS. The number of nitrogens with one attached hydrogen (secondary N) is 1. The molecule has 1 aromatic carbocycles. The molecule has 2 aromatic heterocycles. The van der Waals surface area contributed by atoms with Gasteiger partial charge in [0.1, 0.15) is 10.0 Å². The molecule has 22 heavy (non-hydrogen) atoms. The Hall–Kier alpha value is -2.18. The number of aromatic nitrogens is 3. The van der Waals surface area contributed by atoms with Gasteiger partial charge in [0.25, 0.3) is 5.56 Å². The molecule has 0 aliphatic rings. The lowest BCUT2D eigenvalue weighted by molar-refractivity contribution is 0.708. The van der Waals surface area contributed by atoms with Crippen LogP contribution in [0.3, 0.4) is 0 Å². The van der Waals surface area contributed by atoms with E-state index in [1.54, 1.807) is 18.4 Å². The van der Waals surface area contributed by atoms with Crippen molar-refractivity contribution < 1.29 is 0 Å². The highest BCUT2D eigenvalue weighted by Crippen LogP contribution is 2.23. The Bertz CT molecular complexity index is 844. The zero-order chi connectivity index (χ0) is 15.5. The van der Waals surface area contributed by atoms with Crippen molar-refractivity contribution >= 4 is 28.6 Å². The van der Waals surface area contributed by atoms with Crippen molar-refractivity contribution in [3.8, 4) is 11.3 Å². The van der Waals surface area contributed by atoms with E-state index in [-0.39, 0.29) is 10.6 Å². The molecule has 0 saturated heterocycles. The lowest BCUT2D eigenvalue weighted by atomic mass is 10.2. The van der Waals surface area contributed by atoms with Crippen molar-refractivity contribution in [1.29, 1.82) is 0 Å². The topological polar surface area (TPSA) is 59.8 Å². The largest absolute Gasteiger partial charge is 0.376 e. The van der Waals surface area contributed by atoms with Gasteiger partial charge in [0.15, 0.2) is 0 Å². The summed E-state index contributed by atoms with van der Waals surface area (Å²) in [5.74, 6) is 0. The van der Waals surface area contributed by atoms with Gasteiger partial charge < -0.3 is 5.32 Å². The average Bonchev–Trinajstić information content (AvgIpc) is 3.02. The van der Waals surface area contributed by atoms with E-state index in [1.165, 1.54) is 10.9 Å². The summed E-state index contributed by atoms with van der Waals surface area (Å²) < 4.78 is 1.20. The minimum atomic E-state index is -0.323. The standard InChI is InChI=1S/C15H13ClN4OS/c1-20-15(21)14(16)11(7-18-20)17-8-13-19-12(9-22-13)10-5-3-2-4-6-10/h2-7,9,17H,8H2,1H3. The molecule has 7 heteroatoms. The summed E-state index contributed by atoms with van der Waals surface area (Å²) in [6.07, 6.45) is 1.54. The van der Waals surface area contributed by atoms with Crippen molar-refractivity contribution in [1.82, 2.24) is 14.8 Å². The first-order valence-electron chi connectivity index (χ1n) is 6.60. The lowest BCUT2D eigenvalue weighted by Crippen LogP contribution is -2.21. The Morgan fingerprint density at radius 2 is 2.09 bits per heavy atom. The number of rotatable bonds is 4. The van der Waals surface area contributed by atoms with Crippen LogP contribution in [0.4, 0.5) is 5.69 Å². The van der Waals surface area contributed by atoms with Gasteiger partial charge >= 0.3 is 0 Å². The number of aryl methyl sites for hydroxylation is 1. The van der Waals surface area contributed by atoms with E-state index in [0.29, 0.717) is 12.2 Å². The number of thiazole rings is 1. The van der Waals surface area contributed by atoms with Gasteiger partial charge in [-0.2, -0.15) is 5.10 Å². The summed E-state index contributed by atoms with van der Waals surface area (Å²) >= 11 is 7.57.